The Morgan fingerprint density at radius 1 is 1.40 bits per heavy atom. The normalized spacial score (nSPS) is 19.7. The van der Waals surface area contributed by atoms with Crippen LogP contribution in [0.2, 0.25) is 0 Å². The summed E-state index contributed by atoms with van der Waals surface area (Å²) < 4.78 is 0. The number of Topliss-reactive ketones (excluding diaryl/α,β-unsaturated/α-hetero) is 1. The van der Waals surface area contributed by atoms with E-state index < -0.39 is 0 Å². The van der Waals surface area contributed by atoms with Gasteiger partial charge in [0.25, 0.3) is 0 Å². The smallest absolute Gasteiger partial charge is 0.143 e. The molecule has 0 radical (unpaired) electrons. The van der Waals surface area contributed by atoms with Crippen LogP contribution in [0.15, 0.2) is 0 Å². The van der Waals surface area contributed by atoms with Crippen LogP contribution in [0.5, 0.6) is 0 Å². The predicted molar refractivity (Wildman–Crippen MR) is 45.4 cm³/mol. The van der Waals surface area contributed by atoms with Crippen molar-refractivity contribution in [3.63, 3.8) is 0 Å². The lowest BCUT2D eigenvalue weighted by Crippen LogP contribution is -2.05. The summed E-state index contributed by atoms with van der Waals surface area (Å²) >= 11 is 3.17. The molecule has 0 aromatic carbocycles. The molecule has 1 rings (SSSR count). The first kappa shape index (κ1) is 8.25. The highest BCUT2D eigenvalue weighted by Crippen LogP contribution is 2.27. The summed E-state index contributed by atoms with van der Waals surface area (Å²) in [6, 6.07) is 0. The molecule has 1 aliphatic carbocycles. The summed E-state index contributed by atoms with van der Waals surface area (Å²) in [4.78, 5) is 10.9. The molecule has 0 aliphatic heterocycles. The summed E-state index contributed by atoms with van der Waals surface area (Å²) in [5, 5.41) is 0.545. The van der Waals surface area contributed by atoms with Gasteiger partial charge in [-0.15, -0.1) is 0 Å². The molecule has 0 aromatic heterocycles. The van der Waals surface area contributed by atoms with E-state index in [4.69, 9.17) is 0 Å². The number of ketones is 1. The van der Waals surface area contributed by atoms with E-state index in [1.165, 1.54) is 25.7 Å². The molecule has 0 amide bonds. The molecule has 1 fully saturated rings. The van der Waals surface area contributed by atoms with Crippen molar-refractivity contribution in [1.29, 1.82) is 0 Å². The Balaban J connectivity index is 2.17. The van der Waals surface area contributed by atoms with Crippen molar-refractivity contribution in [3.8, 4) is 0 Å². The quantitative estimate of drug-likeness (QED) is 0.647. The third-order valence-electron chi connectivity index (χ3n) is 2.14. The second-order valence-electron chi connectivity index (χ2n) is 3.03. The van der Waals surface area contributed by atoms with Crippen LogP contribution in [0, 0.1) is 5.92 Å². The van der Waals surface area contributed by atoms with Gasteiger partial charge in [-0.3, -0.25) is 4.79 Å². The molecule has 1 aliphatic rings. The van der Waals surface area contributed by atoms with Gasteiger partial charge in [0.2, 0.25) is 0 Å². The Kier molecular flexibility index (Phi) is 3.40. The monoisotopic (exact) mass is 204 g/mol. The standard InChI is InChI=1S/C8H13BrO/c9-6-8(10)5-7-3-1-2-4-7/h7H,1-6H2. The number of alkyl halides is 1. The lowest BCUT2D eigenvalue weighted by Gasteiger charge is -2.04. The van der Waals surface area contributed by atoms with Crippen LogP contribution in [-0.2, 0) is 4.79 Å². The van der Waals surface area contributed by atoms with E-state index >= 15 is 0 Å². The van der Waals surface area contributed by atoms with Gasteiger partial charge in [0.15, 0.2) is 0 Å². The van der Waals surface area contributed by atoms with E-state index in [1.807, 2.05) is 0 Å². The van der Waals surface area contributed by atoms with Gasteiger partial charge in [0.05, 0.1) is 5.33 Å². The number of halogens is 1. The summed E-state index contributed by atoms with van der Waals surface area (Å²) in [5.41, 5.74) is 0. The highest BCUT2D eigenvalue weighted by molar-refractivity contribution is 9.09. The Morgan fingerprint density at radius 3 is 2.50 bits per heavy atom. The molecule has 0 unspecified atom stereocenters. The first-order chi connectivity index (χ1) is 4.83. The van der Waals surface area contributed by atoms with Gasteiger partial charge >= 0.3 is 0 Å². The Hall–Kier alpha value is 0.150. The van der Waals surface area contributed by atoms with E-state index in [2.05, 4.69) is 15.9 Å². The van der Waals surface area contributed by atoms with Crippen LogP contribution < -0.4 is 0 Å². The summed E-state index contributed by atoms with van der Waals surface area (Å²) in [6.07, 6.45) is 6.03. The van der Waals surface area contributed by atoms with E-state index in [0.29, 0.717) is 17.0 Å². The van der Waals surface area contributed by atoms with Crippen molar-refractivity contribution in [2.75, 3.05) is 5.33 Å². The zero-order valence-corrected chi connectivity index (χ0v) is 7.69. The average molecular weight is 205 g/mol. The third-order valence-corrected chi connectivity index (χ3v) is 2.77. The van der Waals surface area contributed by atoms with Gasteiger partial charge in [-0.2, -0.15) is 0 Å². The van der Waals surface area contributed by atoms with Crippen molar-refractivity contribution in [3.05, 3.63) is 0 Å². The van der Waals surface area contributed by atoms with Crippen LogP contribution in [-0.4, -0.2) is 11.1 Å². The molecule has 0 atom stereocenters. The number of rotatable bonds is 3. The molecule has 1 saturated carbocycles. The van der Waals surface area contributed by atoms with Gasteiger partial charge in [-0.05, 0) is 5.92 Å². The lowest BCUT2D eigenvalue weighted by atomic mass is 10.0. The molecule has 58 valence electrons. The van der Waals surface area contributed by atoms with Crippen LogP contribution >= 0.6 is 15.9 Å². The Bertz CT molecular complexity index is 116. The maximum absolute atomic E-state index is 10.9. The highest BCUT2D eigenvalue weighted by Gasteiger charge is 2.17. The second kappa shape index (κ2) is 4.12. The minimum Gasteiger partial charge on any atom is -0.299 e. The highest BCUT2D eigenvalue weighted by atomic mass is 79.9. The van der Waals surface area contributed by atoms with Crippen molar-refractivity contribution < 1.29 is 4.79 Å². The fourth-order valence-electron chi connectivity index (χ4n) is 1.59. The Labute approximate surface area is 70.3 Å². The van der Waals surface area contributed by atoms with E-state index in [9.17, 15) is 4.79 Å². The van der Waals surface area contributed by atoms with Crippen molar-refractivity contribution in [2.45, 2.75) is 32.1 Å². The largest absolute Gasteiger partial charge is 0.299 e. The number of carbonyl (C=O) groups excluding carboxylic acids is 1. The van der Waals surface area contributed by atoms with Crippen LogP contribution in [0.3, 0.4) is 0 Å². The van der Waals surface area contributed by atoms with Gasteiger partial charge in [-0.1, -0.05) is 41.6 Å². The van der Waals surface area contributed by atoms with Crippen molar-refractivity contribution in [1.82, 2.24) is 0 Å². The maximum atomic E-state index is 10.9. The molecule has 1 nitrogen and oxygen atoms in total. The van der Waals surface area contributed by atoms with Crippen molar-refractivity contribution >= 4 is 21.7 Å². The van der Waals surface area contributed by atoms with Gasteiger partial charge < -0.3 is 0 Å². The molecular weight excluding hydrogens is 192 g/mol. The van der Waals surface area contributed by atoms with Gasteiger partial charge in [0, 0.05) is 6.42 Å². The number of carbonyl (C=O) groups is 1. The first-order valence-corrected chi connectivity index (χ1v) is 5.02. The van der Waals surface area contributed by atoms with Gasteiger partial charge in [0.1, 0.15) is 5.78 Å². The first-order valence-electron chi connectivity index (χ1n) is 3.90. The fourth-order valence-corrected chi connectivity index (χ4v) is 1.82. The predicted octanol–water partition coefficient (Wildman–Crippen LogP) is 2.53. The molecule has 0 heterocycles. The minimum atomic E-state index is 0.368. The van der Waals surface area contributed by atoms with Gasteiger partial charge in [-0.25, -0.2) is 0 Å². The van der Waals surface area contributed by atoms with E-state index in [0.717, 1.165) is 6.42 Å². The average Bonchev–Trinajstić information content (AvgIpc) is 2.40. The zero-order valence-electron chi connectivity index (χ0n) is 6.11. The van der Waals surface area contributed by atoms with Crippen molar-refractivity contribution in [2.24, 2.45) is 5.92 Å². The lowest BCUT2D eigenvalue weighted by molar-refractivity contribution is -0.117. The SMILES string of the molecule is O=C(CBr)CC1CCCC1. The summed E-state index contributed by atoms with van der Waals surface area (Å²) in [6.45, 7) is 0. The van der Waals surface area contributed by atoms with Crippen LogP contribution in [0.1, 0.15) is 32.1 Å². The summed E-state index contributed by atoms with van der Waals surface area (Å²) in [7, 11) is 0. The third kappa shape index (κ3) is 2.41. The number of hydrogen-bond donors (Lipinski definition) is 0. The molecule has 0 aromatic rings. The molecule has 0 bridgehead atoms. The van der Waals surface area contributed by atoms with E-state index in [1.54, 1.807) is 0 Å². The minimum absolute atomic E-state index is 0.368. The fraction of sp³-hybridized carbons (Fsp3) is 0.875. The molecule has 10 heavy (non-hydrogen) atoms. The molecule has 0 spiro atoms. The molecule has 0 saturated heterocycles. The second-order valence-corrected chi connectivity index (χ2v) is 3.59. The van der Waals surface area contributed by atoms with E-state index in [-0.39, 0.29) is 0 Å². The van der Waals surface area contributed by atoms with Crippen LogP contribution in [0.25, 0.3) is 0 Å². The zero-order chi connectivity index (χ0) is 7.40. The number of hydrogen-bond acceptors (Lipinski definition) is 1. The topological polar surface area (TPSA) is 17.1 Å². The maximum Gasteiger partial charge on any atom is 0.143 e. The molecular formula is C8H13BrO. The van der Waals surface area contributed by atoms with Crippen LogP contribution in [0.4, 0.5) is 0 Å². The Morgan fingerprint density at radius 2 is 2.00 bits per heavy atom. The molecule has 0 N–H and O–H groups in total. The summed E-state index contributed by atoms with van der Waals surface area (Å²) in [5.74, 6) is 1.08. The molecule has 2 heteroatoms.